The zero-order chi connectivity index (χ0) is 12.5. The number of amides is 1. The van der Waals surface area contributed by atoms with Crippen LogP contribution in [-0.2, 0) is 11.3 Å². The molecular weight excluding hydrogens is 216 g/mol. The summed E-state index contributed by atoms with van der Waals surface area (Å²) in [4.78, 5) is 17.6. The molecule has 4 heteroatoms. The summed E-state index contributed by atoms with van der Waals surface area (Å²) in [5, 5.41) is 0. The number of aromatic nitrogens is 1. The van der Waals surface area contributed by atoms with Crippen molar-refractivity contribution in [3.05, 3.63) is 35.8 Å². The lowest BCUT2D eigenvalue weighted by molar-refractivity contribution is 0.0322. The van der Waals surface area contributed by atoms with E-state index in [1.54, 1.807) is 17.3 Å². The van der Waals surface area contributed by atoms with Crippen molar-refractivity contribution in [1.82, 2.24) is 9.88 Å². The fourth-order valence-corrected chi connectivity index (χ4v) is 1.58. The lowest BCUT2D eigenvalue weighted by atomic mass is 10.1. The Labute approximate surface area is 101 Å². The zero-order valence-electron chi connectivity index (χ0n) is 10.3. The van der Waals surface area contributed by atoms with Crippen LogP contribution < -0.4 is 0 Å². The van der Waals surface area contributed by atoms with Crippen molar-refractivity contribution in [3.8, 4) is 0 Å². The minimum absolute atomic E-state index is 0.330. The fraction of sp³-hybridized carbons (Fsp3) is 0.385. The third-order valence-electron chi connectivity index (χ3n) is 2.31. The van der Waals surface area contributed by atoms with Crippen LogP contribution in [-0.4, -0.2) is 21.6 Å². The largest absolute Gasteiger partial charge is 0.443 e. The second kappa shape index (κ2) is 4.20. The summed E-state index contributed by atoms with van der Waals surface area (Å²) in [5.41, 5.74) is 1.47. The van der Waals surface area contributed by atoms with Gasteiger partial charge in [0, 0.05) is 12.4 Å². The fourth-order valence-electron chi connectivity index (χ4n) is 1.58. The molecule has 0 atom stereocenters. The minimum atomic E-state index is -0.472. The average Bonchev–Trinajstić information content (AvgIpc) is 2.26. The number of carbonyl (C=O) groups is 1. The Hall–Kier alpha value is -1.84. The molecule has 0 radical (unpaired) electrons. The van der Waals surface area contributed by atoms with Gasteiger partial charge in [-0.2, -0.15) is 0 Å². The maximum absolute atomic E-state index is 11.9. The van der Waals surface area contributed by atoms with Crippen LogP contribution in [0.1, 0.15) is 32.0 Å². The Balaban J connectivity index is 2.11. The van der Waals surface area contributed by atoms with Gasteiger partial charge in [-0.1, -0.05) is 6.07 Å². The van der Waals surface area contributed by atoms with E-state index in [-0.39, 0.29) is 6.09 Å². The van der Waals surface area contributed by atoms with Gasteiger partial charge >= 0.3 is 6.09 Å². The predicted molar refractivity (Wildman–Crippen MR) is 65.0 cm³/mol. The number of nitrogens with zero attached hydrogens (tertiary/aromatic N) is 2. The highest BCUT2D eigenvalue weighted by atomic mass is 16.6. The topological polar surface area (TPSA) is 42.4 Å². The van der Waals surface area contributed by atoms with Gasteiger partial charge in [0.1, 0.15) is 5.60 Å². The molecule has 0 saturated carbocycles. The van der Waals surface area contributed by atoms with E-state index in [4.69, 9.17) is 4.74 Å². The van der Waals surface area contributed by atoms with Gasteiger partial charge in [0.15, 0.2) is 0 Å². The Morgan fingerprint density at radius 3 is 2.94 bits per heavy atom. The van der Waals surface area contributed by atoms with Crippen LogP contribution in [0, 0.1) is 0 Å². The number of hydrogen-bond acceptors (Lipinski definition) is 3. The molecule has 90 valence electrons. The van der Waals surface area contributed by atoms with E-state index in [2.05, 4.69) is 4.98 Å². The number of hydrogen-bond donors (Lipinski definition) is 0. The van der Waals surface area contributed by atoms with Crippen molar-refractivity contribution in [1.29, 1.82) is 0 Å². The molecule has 1 aliphatic heterocycles. The molecule has 1 amide bonds. The number of ether oxygens (including phenoxy) is 1. The van der Waals surface area contributed by atoms with E-state index >= 15 is 0 Å². The molecule has 0 unspecified atom stereocenters. The molecule has 1 aromatic heterocycles. The molecule has 0 saturated heterocycles. The van der Waals surface area contributed by atoms with Gasteiger partial charge in [-0.05, 0) is 38.5 Å². The highest BCUT2D eigenvalue weighted by molar-refractivity contribution is 5.72. The van der Waals surface area contributed by atoms with E-state index in [1.165, 1.54) is 0 Å². The molecule has 2 heterocycles. The molecule has 0 aromatic carbocycles. The molecule has 0 spiro atoms. The maximum Gasteiger partial charge on any atom is 0.414 e. The number of fused-ring (bicyclic) bond motifs is 1. The van der Waals surface area contributed by atoms with E-state index in [0.29, 0.717) is 6.54 Å². The van der Waals surface area contributed by atoms with E-state index in [9.17, 15) is 4.79 Å². The van der Waals surface area contributed by atoms with Gasteiger partial charge in [-0.3, -0.25) is 9.88 Å². The Kier molecular flexibility index (Phi) is 2.88. The summed E-state index contributed by atoms with van der Waals surface area (Å²) in [5.74, 6) is 0. The van der Waals surface area contributed by atoms with Crippen molar-refractivity contribution in [2.45, 2.75) is 32.9 Å². The van der Waals surface area contributed by atoms with Crippen molar-refractivity contribution in [3.63, 3.8) is 0 Å². The first-order valence-corrected chi connectivity index (χ1v) is 5.57. The standard InChI is InChI=1S/C13H16N2O2/c1-13(2,3)17-12(16)15-8-6-11-10(9-15)5-4-7-14-11/h4-8H,9H2,1-3H3. The lowest BCUT2D eigenvalue weighted by Crippen LogP contribution is -2.34. The highest BCUT2D eigenvalue weighted by Gasteiger charge is 2.23. The summed E-state index contributed by atoms with van der Waals surface area (Å²) in [7, 11) is 0. The first kappa shape index (κ1) is 11.6. The summed E-state index contributed by atoms with van der Waals surface area (Å²) >= 11 is 0. The average molecular weight is 232 g/mol. The number of rotatable bonds is 0. The first-order chi connectivity index (χ1) is 7.96. The van der Waals surface area contributed by atoms with Crippen LogP contribution in [0.5, 0.6) is 0 Å². The van der Waals surface area contributed by atoms with Crippen LogP contribution in [0.3, 0.4) is 0 Å². The van der Waals surface area contributed by atoms with E-state index < -0.39 is 5.60 Å². The van der Waals surface area contributed by atoms with Gasteiger partial charge in [-0.15, -0.1) is 0 Å². The second-order valence-electron chi connectivity index (χ2n) is 4.97. The van der Waals surface area contributed by atoms with Crippen molar-refractivity contribution in [2.24, 2.45) is 0 Å². The van der Waals surface area contributed by atoms with Crippen LogP contribution in [0.2, 0.25) is 0 Å². The third-order valence-corrected chi connectivity index (χ3v) is 2.31. The second-order valence-corrected chi connectivity index (χ2v) is 4.97. The molecule has 2 rings (SSSR count). The lowest BCUT2D eigenvalue weighted by Gasteiger charge is -2.27. The Morgan fingerprint density at radius 2 is 2.24 bits per heavy atom. The Morgan fingerprint density at radius 1 is 1.47 bits per heavy atom. The summed E-state index contributed by atoms with van der Waals surface area (Å²) < 4.78 is 5.31. The van der Waals surface area contributed by atoms with Gasteiger partial charge < -0.3 is 4.74 Å². The molecule has 0 N–H and O–H groups in total. The molecule has 1 aromatic rings. The normalized spacial score (nSPS) is 14.4. The van der Waals surface area contributed by atoms with Crippen molar-refractivity contribution in [2.75, 3.05) is 0 Å². The van der Waals surface area contributed by atoms with E-state index in [1.807, 2.05) is 39.0 Å². The maximum atomic E-state index is 11.9. The SMILES string of the molecule is CC(C)(C)OC(=O)N1C=Cc2ncccc2C1. The molecule has 0 fully saturated rings. The summed E-state index contributed by atoms with van der Waals surface area (Å²) in [6, 6.07) is 3.83. The third kappa shape index (κ3) is 2.84. The van der Waals surface area contributed by atoms with Crippen molar-refractivity contribution < 1.29 is 9.53 Å². The molecule has 0 aliphatic carbocycles. The van der Waals surface area contributed by atoms with Crippen molar-refractivity contribution >= 4 is 12.2 Å². The van der Waals surface area contributed by atoms with Gasteiger partial charge in [0.05, 0.1) is 12.2 Å². The molecule has 17 heavy (non-hydrogen) atoms. The highest BCUT2D eigenvalue weighted by Crippen LogP contribution is 2.19. The minimum Gasteiger partial charge on any atom is -0.443 e. The molecule has 4 nitrogen and oxygen atoms in total. The van der Waals surface area contributed by atoms with Gasteiger partial charge in [0.25, 0.3) is 0 Å². The summed E-state index contributed by atoms with van der Waals surface area (Å²) in [6.45, 7) is 6.07. The monoisotopic (exact) mass is 232 g/mol. The molecule has 0 bridgehead atoms. The van der Waals surface area contributed by atoms with Crippen LogP contribution >= 0.6 is 0 Å². The molecular formula is C13H16N2O2. The Bertz CT molecular complexity index is 461. The number of pyridine rings is 1. The smallest absolute Gasteiger partial charge is 0.414 e. The quantitative estimate of drug-likeness (QED) is 0.690. The van der Waals surface area contributed by atoms with Gasteiger partial charge in [-0.25, -0.2) is 4.79 Å². The van der Waals surface area contributed by atoms with E-state index in [0.717, 1.165) is 11.3 Å². The first-order valence-electron chi connectivity index (χ1n) is 5.57. The molecule has 1 aliphatic rings. The summed E-state index contributed by atoms with van der Waals surface area (Å²) in [6.07, 6.45) is 4.95. The van der Waals surface area contributed by atoms with Crippen LogP contribution in [0.25, 0.3) is 6.08 Å². The number of carbonyl (C=O) groups excluding carboxylic acids is 1. The zero-order valence-corrected chi connectivity index (χ0v) is 10.3. The van der Waals surface area contributed by atoms with Gasteiger partial charge in [0.2, 0.25) is 0 Å². The van der Waals surface area contributed by atoms with Crippen LogP contribution in [0.15, 0.2) is 24.5 Å². The predicted octanol–water partition coefficient (Wildman–Crippen LogP) is 2.80. The van der Waals surface area contributed by atoms with Crippen LogP contribution in [0.4, 0.5) is 4.79 Å².